The lowest BCUT2D eigenvalue weighted by Gasteiger charge is -2.26. The van der Waals surface area contributed by atoms with Gasteiger partial charge in [0, 0.05) is 31.5 Å². The number of piperidine rings is 1. The number of hydrogen-bond donors (Lipinski definition) is 2. The molecule has 8 heteroatoms. The van der Waals surface area contributed by atoms with Gasteiger partial charge in [-0.3, -0.25) is 14.9 Å². The maximum atomic E-state index is 12.6. The SMILES string of the molecule is COCCOc1ccccc1C(=O)NC(=S)Nc1ccc(C(=O)N2CCCCC2)cc1. The van der Waals surface area contributed by atoms with E-state index in [1.807, 2.05) is 4.90 Å². The first kappa shape index (κ1) is 22.7. The smallest absolute Gasteiger partial charge is 0.261 e. The number of nitrogens with one attached hydrogen (secondary N) is 2. The number of ether oxygens (including phenoxy) is 2. The molecule has 3 rings (SSSR count). The molecule has 0 saturated carbocycles. The number of nitrogens with zero attached hydrogens (tertiary/aromatic N) is 1. The second-order valence-corrected chi connectivity index (χ2v) is 7.58. The Hall–Kier alpha value is -2.97. The summed E-state index contributed by atoms with van der Waals surface area (Å²) in [6, 6.07) is 14.0. The van der Waals surface area contributed by atoms with Crippen molar-refractivity contribution in [2.24, 2.45) is 0 Å². The molecule has 0 unspecified atom stereocenters. The number of rotatable bonds is 7. The minimum Gasteiger partial charge on any atom is -0.490 e. The van der Waals surface area contributed by atoms with E-state index in [9.17, 15) is 9.59 Å². The number of hydrogen-bond acceptors (Lipinski definition) is 5. The van der Waals surface area contributed by atoms with E-state index in [0.29, 0.717) is 35.8 Å². The van der Waals surface area contributed by atoms with E-state index in [4.69, 9.17) is 21.7 Å². The van der Waals surface area contributed by atoms with Crippen molar-refractivity contribution in [3.8, 4) is 5.75 Å². The van der Waals surface area contributed by atoms with Gasteiger partial charge < -0.3 is 19.7 Å². The molecule has 0 aromatic heterocycles. The third-order valence-corrected chi connectivity index (χ3v) is 5.14. The Morgan fingerprint density at radius 1 is 1.00 bits per heavy atom. The van der Waals surface area contributed by atoms with Crippen LogP contribution in [0.3, 0.4) is 0 Å². The minimum absolute atomic E-state index is 0.0483. The van der Waals surface area contributed by atoms with Gasteiger partial charge in [-0.1, -0.05) is 12.1 Å². The molecule has 31 heavy (non-hydrogen) atoms. The summed E-state index contributed by atoms with van der Waals surface area (Å²) in [4.78, 5) is 27.1. The lowest BCUT2D eigenvalue weighted by molar-refractivity contribution is 0.0724. The number of benzene rings is 2. The van der Waals surface area contributed by atoms with Gasteiger partial charge in [-0.15, -0.1) is 0 Å². The van der Waals surface area contributed by atoms with Crippen LogP contribution in [0.4, 0.5) is 5.69 Å². The second-order valence-electron chi connectivity index (χ2n) is 7.18. The van der Waals surface area contributed by atoms with Gasteiger partial charge in [0.05, 0.1) is 12.2 Å². The number of thiocarbonyl (C=S) groups is 1. The summed E-state index contributed by atoms with van der Waals surface area (Å²) in [5, 5.41) is 5.79. The number of carbonyl (C=O) groups is 2. The Labute approximate surface area is 187 Å². The molecule has 0 spiro atoms. The van der Waals surface area contributed by atoms with Crippen LogP contribution in [0.2, 0.25) is 0 Å². The molecule has 1 heterocycles. The summed E-state index contributed by atoms with van der Waals surface area (Å²) in [5.41, 5.74) is 1.71. The Morgan fingerprint density at radius 2 is 1.71 bits per heavy atom. The Bertz CT molecular complexity index is 911. The average molecular weight is 442 g/mol. The second kappa shape index (κ2) is 11.4. The molecule has 1 saturated heterocycles. The van der Waals surface area contributed by atoms with Gasteiger partial charge in [0.1, 0.15) is 12.4 Å². The summed E-state index contributed by atoms with van der Waals surface area (Å²) in [6.07, 6.45) is 3.29. The van der Waals surface area contributed by atoms with Gasteiger partial charge in [0.2, 0.25) is 0 Å². The third-order valence-electron chi connectivity index (χ3n) is 4.94. The Balaban J connectivity index is 1.56. The lowest BCUT2D eigenvalue weighted by Crippen LogP contribution is -2.35. The maximum Gasteiger partial charge on any atom is 0.261 e. The van der Waals surface area contributed by atoms with Crippen LogP contribution in [0.15, 0.2) is 48.5 Å². The van der Waals surface area contributed by atoms with Crippen LogP contribution in [0.5, 0.6) is 5.75 Å². The van der Waals surface area contributed by atoms with E-state index >= 15 is 0 Å². The van der Waals surface area contributed by atoms with E-state index in [2.05, 4.69) is 10.6 Å². The van der Waals surface area contributed by atoms with Crippen molar-refractivity contribution < 1.29 is 19.1 Å². The predicted octanol–water partition coefficient (Wildman–Crippen LogP) is 3.46. The summed E-state index contributed by atoms with van der Waals surface area (Å²) < 4.78 is 10.6. The highest BCUT2D eigenvalue weighted by Crippen LogP contribution is 2.18. The van der Waals surface area contributed by atoms with Crippen molar-refractivity contribution in [2.75, 3.05) is 38.7 Å². The van der Waals surface area contributed by atoms with Gasteiger partial charge in [0.25, 0.3) is 11.8 Å². The number of para-hydroxylation sites is 1. The Morgan fingerprint density at radius 3 is 2.42 bits per heavy atom. The van der Waals surface area contributed by atoms with Crippen molar-refractivity contribution in [3.05, 3.63) is 59.7 Å². The van der Waals surface area contributed by atoms with E-state index in [-0.39, 0.29) is 16.9 Å². The highest BCUT2D eigenvalue weighted by molar-refractivity contribution is 7.80. The fraction of sp³-hybridized carbons (Fsp3) is 0.348. The van der Waals surface area contributed by atoms with Crippen molar-refractivity contribution >= 4 is 34.8 Å². The van der Waals surface area contributed by atoms with Gasteiger partial charge in [0.15, 0.2) is 5.11 Å². The molecule has 0 bridgehead atoms. The first-order chi connectivity index (χ1) is 15.1. The van der Waals surface area contributed by atoms with Gasteiger partial charge in [-0.05, 0) is 67.9 Å². The normalized spacial score (nSPS) is 13.4. The van der Waals surface area contributed by atoms with Crippen LogP contribution in [0.25, 0.3) is 0 Å². The molecule has 2 aromatic carbocycles. The molecule has 1 aliphatic rings. The Kier molecular flexibility index (Phi) is 8.37. The van der Waals surface area contributed by atoms with Crippen molar-refractivity contribution in [2.45, 2.75) is 19.3 Å². The average Bonchev–Trinajstić information content (AvgIpc) is 2.80. The molecule has 0 aliphatic carbocycles. The van der Waals surface area contributed by atoms with Gasteiger partial charge >= 0.3 is 0 Å². The van der Waals surface area contributed by atoms with Crippen LogP contribution < -0.4 is 15.4 Å². The fourth-order valence-corrected chi connectivity index (χ4v) is 3.53. The number of anilines is 1. The zero-order chi connectivity index (χ0) is 22.1. The zero-order valence-electron chi connectivity index (χ0n) is 17.6. The maximum absolute atomic E-state index is 12.6. The molecule has 2 N–H and O–H groups in total. The van der Waals surface area contributed by atoms with Crippen molar-refractivity contribution in [1.29, 1.82) is 0 Å². The topological polar surface area (TPSA) is 79.9 Å². The molecule has 1 aliphatic heterocycles. The van der Waals surface area contributed by atoms with Crippen LogP contribution >= 0.6 is 12.2 Å². The predicted molar refractivity (Wildman–Crippen MR) is 124 cm³/mol. The number of methoxy groups -OCH3 is 1. The van der Waals surface area contributed by atoms with Crippen LogP contribution in [0, 0.1) is 0 Å². The molecule has 2 aromatic rings. The highest BCUT2D eigenvalue weighted by atomic mass is 32.1. The molecule has 164 valence electrons. The van der Waals surface area contributed by atoms with E-state index in [1.165, 1.54) is 6.42 Å². The van der Waals surface area contributed by atoms with Crippen LogP contribution in [0.1, 0.15) is 40.0 Å². The van der Waals surface area contributed by atoms with Crippen LogP contribution in [-0.4, -0.2) is 55.2 Å². The monoisotopic (exact) mass is 441 g/mol. The van der Waals surface area contributed by atoms with Crippen LogP contribution in [-0.2, 0) is 4.74 Å². The quantitative estimate of drug-likeness (QED) is 0.506. The first-order valence-electron chi connectivity index (χ1n) is 10.3. The largest absolute Gasteiger partial charge is 0.490 e. The molecule has 1 fully saturated rings. The summed E-state index contributed by atoms with van der Waals surface area (Å²) in [5.74, 6) is 0.134. The molecular weight excluding hydrogens is 414 g/mol. The molecule has 0 atom stereocenters. The van der Waals surface area contributed by atoms with Crippen molar-refractivity contribution in [1.82, 2.24) is 10.2 Å². The van der Waals surface area contributed by atoms with E-state index in [1.54, 1.807) is 55.6 Å². The number of likely N-dealkylation sites (tertiary alicyclic amines) is 1. The summed E-state index contributed by atoms with van der Waals surface area (Å²) in [7, 11) is 1.59. The van der Waals surface area contributed by atoms with Gasteiger partial charge in [-0.25, -0.2) is 0 Å². The van der Waals surface area contributed by atoms with Crippen molar-refractivity contribution in [3.63, 3.8) is 0 Å². The van der Waals surface area contributed by atoms with Gasteiger partial charge in [-0.2, -0.15) is 0 Å². The summed E-state index contributed by atoms with van der Waals surface area (Å²) in [6.45, 7) is 2.38. The summed E-state index contributed by atoms with van der Waals surface area (Å²) >= 11 is 5.27. The molecule has 2 amide bonds. The van der Waals surface area contributed by atoms with E-state index in [0.717, 1.165) is 25.9 Å². The molecular formula is C23H27N3O4S. The standard InChI is InChI=1S/C23H27N3O4S/c1-29-15-16-30-20-8-4-3-7-19(20)21(27)25-23(31)24-18-11-9-17(10-12-18)22(28)26-13-5-2-6-14-26/h3-4,7-12H,2,5-6,13-16H2,1H3,(H2,24,25,27,31). The zero-order valence-corrected chi connectivity index (χ0v) is 18.4. The number of carbonyl (C=O) groups excluding carboxylic acids is 2. The third kappa shape index (κ3) is 6.50. The molecule has 7 nitrogen and oxygen atoms in total. The van der Waals surface area contributed by atoms with E-state index < -0.39 is 0 Å². The fourth-order valence-electron chi connectivity index (χ4n) is 3.32. The lowest BCUT2D eigenvalue weighted by atomic mass is 10.1. The number of amides is 2. The first-order valence-corrected chi connectivity index (χ1v) is 10.7. The highest BCUT2D eigenvalue weighted by Gasteiger charge is 2.18. The molecule has 0 radical (unpaired) electrons. The minimum atomic E-state index is -0.373.